The van der Waals surface area contributed by atoms with E-state index in [1.165, 1.54) is 28.4 Å². The number of hydrogen-bond donors (Lipinski definition) is 2. The average Bonchev–Trinajstić information content (AvgIpc) is 3.11. The standard InChI is InChI=1S/C21H25N3O4S/c1-12-20(29-13(2)22-12)18(26)16-17(14-7-5-8-15(25)11-14)24(21(28)19(16)27)10-6-9-23(3)4/h5,7-8,11,17,25,27H,6,9-10H2,1-4H3. The van der Waals surface area contributed by atoms with Crippen LogP contribution in [0.25, 0.3) is 0 Å². The van der Waals surface area contributed by atoms with Gasteiger partial charge in [-0.1, -0.05) is 12.1 Å². The number of aromatic nitrogens is 1. The van der Waals surface area contributed by atoms with E-state index in [2.05, 4.69) is 4.98 Å². The Balaban J connectivity index is 2.05. The largest absolute Gasteiger partial charge is 0.508 e. The maximum absolute atomic E-state index is 13.3. The van der Waals surface area contributed by atoms with Gasteiger partial charge in [0.2, 0.25) is 5.78 Å². The first kappa shape index (κ1) is 21.0. The number of aromatic hydroxyl groups is 1. The molecule has 7 nitrogen and oxygen atoms in total. The minimum Gasteiger partial charge on any atom is -0.508 e. The van der Waals surface area contributed by atoms with Crippen LogP contribution in [0.2, 0.25) is 0 Å². The van der Waals surface area contributed by atoms with Crippen LogP contribution in [-0.2, 0) is 4.79 Å². The lowest BCUT2D eigenvalue weighted by atomic mass is 9.95. The lowest BCUT2D eigenvalue weighted by Gasteiger charge is -2.27. The van der Waals surface area contributed by atoms with Crippen molar-refractivity contribution in [2.45, 2.75) is 26.3 Å². The summed E-state index contributed by atoms with van der Waals surface area (Å²) in [4.78, 5) is 34.4. The number of ketones is 1. The number of benzene rings is 1. The van der Waals surface area contributed by atoms with E-state index in [1.54, 1.807) is 19.1 Å². The van der Waals surface area contributed by atoms with Gasteiger partial charge in [-0.2, -0.15) is 0 Å². The molecule has 29 heavy (non-hydrogen) atoms. The number of aliphatic hydroxyl groups is 1. The van der Waals surface area contributed by atoms with Gasteiger partial charge in [-0.25, -0.2) is 4.98 Å². The van der Waals surface area contributed by atoms with Crippen molar-refractivity contribution in [3.05, 3.63) is 56.7 Å². The minimum absolute atomic E-state index is 0.0335. The van der Waals surface area contributed by atoms with Crippen molar-refractivity contribution in [1.82, 2.24) is 14.8 Å². The molecule has 2 heterocycles. The number of phenols is 1. The van der Waals surface area contributed by atoms with Crippen molar-refractivity contribution >= 4 is 23.0 Å². The molecule has 1 aliphatic heterocycles. The number of Topliss-reactive ketones (excluding diaryl/α,β-unsaturated/α-hetero) is 1. The van der Waals surface area contributed by atoms with Crippen LogP contribution in [-0.4, -0.2) is 63.9 Å². The zero-order chi connectivity index (χ0) is 21.3. The van der Waals surface area contributed by atoms with E-state index in [0.29, 0.717) is 29.1 Å². The summed E-state index contributed by atoms with van der Waals surface area (Å²) in [5.41, 5.74) is 1.19. The Morgan fingerprint density at radius 1 is 1.28 bits per heavy atom. The summed E-state index contributed by atoms with van der Waals surface area (Å²) in [6, 6.07) is 5.69. The SMILES string of the molecule is Cc1nc(C)c(C(=O)C2=C(O)C(=O)N(CCCN(C)C)C2c2cccc(O)c2)s1. The van der Waals surface area contributed by atoms with E-state index in [1.807, 2.05) is 25.9 Å². The zero-order valence-corrected chi connectivity index (χ0v) is 17.8. The first-order valence-electron chi connectivity index (χ1n) is 9.37. The molecule has 0 spiro atoms. The Morgan fingerprint density at radius 3 is 2.59 bits per heavy atom. The molecule has 2 N–H and O–H groups in total. The number of aryl methyl sites for hydroxylation is 2. The monoisotopic (exact) mass is 415 g/mol. The molecular formula is C21H25N3O4S. The third kappa shape index (κ3) is 4.18. The second-order valence-electron chi connectivity index (χ2n) is 7.39. The summed E-state index contributed by atoms with van der Waals surface area (Å²) in [6.45, 7) is 4.68. The average molecular weight is 416 g/mol. The number of amides is 1. The van der Waals surface area contributed by atoms with E-state index in [4.69, 9.17) is 0 Å². The van der Waals surface area contributed by atoms with Crippen molar-refractivity contribution in [2.75, 3.05) is 27.2 Å². The number of nitrogens with zero attached hydrogens (tertiary/aromatic N) is 3. The normalized spacial score (nSPS) is 16.9. The van der Waals surface area contributed by atoms with Crippen LogP contribution >= 0.6 is 11.3 Å². The number of rotatable bonds is 7. The molecule has 3 rings (SSSR count). The third-order valence-corrected chi connectivity index (χ3v) is 5.92. The molecule has 0 aliphatic carbocycles. The number of carbonyl (C=O) groups is 2. The van der Waals surface area contributed by atoms with E-state index in [9.17, 15) is 19.8 Å². The molecular weight excluding hydrogens is 390 g/mol. The first-order chi connectivity index (χ1) is 13.7. The summed E-state index contributed by atoms with van der Waals surface area (Å²) in [6.07, 6.45) is 0.682. The fraction of sp³-hybridized carbons (Fsp3) is 0.381. The summed E-state index contributed by atoms with van der Waals surface area (Å²) >= 11 is 1.24. The van der Waals surface area contributed by atoms with Crippen molar-refractivity contribution in [2.24, 2.45) is 0 Å². The highest BCUT2D eigenvalue weighted by atomic mass is 32.1. The smallest absolute Gasteiger partial charge is 0.290 e. The molecule has 8 heteroatoms. The van der Waals surface area contributed by atoms with Gasteiger partial charge in [-0.3, -0.25) is 9.59 Å². The summed E-state index contributed by atoms with van der Waals surface area (Å²) in [5, 5.41) is 21.3. The Bertz CT molecular complexity index is 980. The second kappa shape index (κ2) is 8.34. The summed E-state index contributed by atoms with van der Waals surface area (Å²) in [5.74, 6) is -1.47. The molecule has 0 radical (unpaired) electrons. The zero-order valence-electron chi connectivity index (χ0n) is 17.0. The Kier molecular flexibility index (Phi) is 6.04. The van der Waals surface area contributed by atoms with Crippen LogP contribution in [0.15, 0.2) is 35.6 Å². The van der Waals surface area contributed by atoms with E-state index >= 15 is 0 Å². The predicted molar refractivity (Wildman–Crippen MR) is 111 cm³/mol. The molecule has 1 aliphatic rings. The number of aliphatic hydroxyl groups excluding tert-OH is 1. The number of phenolic OH excluding ortho intramolecular Hbond substituents is 1. The van der Waals surface area contributed by atoms with Crippen LogP contribution in [0.3, 0.4) is 0 Å². The maximum Gasteiger partial charge on any atom is 0.290 e. The van der Waals surface area contributed by atoms with Gasteiger partial charge in [0.25, 0.3) is 5.91 Å². The molecule has 0 bridgehead atoms. The van der Waals surface area contributed by atoms with Crippen molar-refractivity contribution in [3.8, 4) is 5.75 Å². The topological polar surface area (TPSA) is 94.0 Å². The minimum atomic E-state index is -0.758. The maximum atomic E-state index is 13.3. The van der Waals surface area contributed by atoms with Gasteiger partial charge in [0.15, 0.2) is 5.76 Å². The molecule has 0 saturated heterocycles. The van der Waals surface area contributed by atoms with Crippen LogP contribution in [0.5, 0.6) is 5.75 Å². The van der Waals surface area contributed by atoms with Gasteiger partial charge in [-0.05, 0) is 58.6 Å². The molecule has 1 amide bonds. The van der Waals surface area contributed by atoms with Crippen molar-refractivity contribution in [1.29, 1.82) is 0 Å². The van der Waals surface area contributed by atoms with Crippen molar-refractivity contribution in [3.63, 3.8) is 0 Å². The Labute approximate surface area is 173 Å². The summed E-state index contributed by atoms with van der Waals surface area (Å²) in [7, 11) is 3.89. The molecule has 1 atom stereocenters. The van der Waals surface area contributed by atoms with Gasteiger partial charge in [0.1, 0.15) is 5.75 Å². The molecule has 2 aromatic rings. The highest BCUT2D eigenvalue weighted by Crippen LogP contribution is 2.40. The van der Waals surface area contributed by atoms with Crippen LogP contribution in [0, 0.1) is 13.8 Å². The molecule has 0 fully saturated rings. The second-order valence-corrected chi connectivity index (χ2v) is 8.59. The van der Waals surface area contributed by atoms with Gasteiger partial charge in [0.05, 0.1) is 27.2 Å². The summed E-state index contributed by atoms with van der Waals surface area (Å²) < 4.78 is 0. The van der Waals surface area contributed by atoms with Crippen molar-refractivity contribution < 1.29 is 19.8 Å². The number of carbonyl (C=O) groups excluding carboxylic acids is 2. The van der Waals surface area contributed by atoms with Gasteiger partial charge >= 0.3 is 0 Å². The van der Waals surface area contributed by atoms with Gasteiger partial charge in [0, 0.05) is 6.54 Å². The third-order valence-electron chi connectivity index (χ3n) is 4.85. The van der Waals surface area contributed by atoms with Gasteiger partial charge in [-0.15, -0.1) is 11.3 Å². The van der Waals surface area contributed by atoms with Crippen LogP contribution in [0.1, 0.15) is 38.4 Å². The van der Waals surface area contributed by atoms with E-state index in [0.717, 1.165) is 11.6 Å². The van der Waals surface area contributed by atoms with Crippen LogP contribution in [0.4, 0.5) is 0 Å². The fourth-order valence-corrected chi connectivity index (χ4v) is 4.45. The number of hydrogen-bond acceptors (Lipinski definition) is 7. The van der Waals surface area contributed by atoms with E-state index < -0.39 is 23.5 Å². The lowest BCUT2D eigenvalue weighted by Crippen LogP contribution is -2.33. The molecule has 0 saturated carbocycles. The lowest BCUT2D eigenvalue weighted by molar-refractivity contribution is -0.129. The molecule has 1 aromatic carbocycles. The molecule has 154 valence electrons. The predicted octanol–water partition coefficient (Wildman–Crippen LogP) is 3.00. The molecule has 1 aromatic heterocycles. The highest BCUT2D eigenvalue weighted by molar-refractivity contribution is 7.14. The number of thiazole rings is 1. The first-order valence-corrected chi connectivity index (χ1v) is 10.2. The highest BCUT2D eigenvalue weighted by Gasteiger charge is 2.44. The van der Waals surface area contributed by atoms with Gasteiger partial charge < -0.3 is 20.0 Å². The Morgan fingerprint density at radius 2 is 2.00 bits per heavy atom. The van der Waals surface area contributed by atoms with E-state index in [-0.39, 0.29) is 11.3 Å². The Hall–Kier alpha value is -2.71. The molecule has 1 unspecified atom stereocenters. The quantitative estimate of drug-likeness (QED) is 0.675. The van der Waals surface area contributed by atoms with Crippen LogP contribution < -0.4 is 0 Å². The fourth-order valence-electron chi connectivity index (χ4n) is 3.58.